The van der Waals surface area contributed by atoms with Crippen LogP contribution in [0.25, 0.3) is 0 Å². The van der Waals surface area contributed by atoms with Gasteiger partial charge in [0.2, 0.25) is 0 Å². The summed E-state index contributed by atoms with van der Waals surface area (Å²) < 4.78 is 43.5. The van der Waals surface area contributed by atoms with E-state index < -0.39 is 17.8 Å². The van der Waals surface area contributed by atoms with Crippen LogP contribution in [0.1, 0.15) is 61.6 Å². The molecule has 192 valence electrons. The smallest absolute Gasteiger partial charge is 0.416 e. The number of benzene rings is 2. The van der Waals surface area contributed by atoms with Crippen LogP contribution >= 0.6 is 0 Å². The van der Waals surface area contributed by atoms with Crippen molar-refractivity contribution in [2.75, 3.05) is 18.0 Å². The summed E-state index contributed by atoms with van der Waals surface area (Å²) in [6, 6.07) is 14.6. The maximum Gasteiger partial charge on any atom is 0.416 e. The molecule has 0 radical (unpaired) electrons. The Bertz CT molecular complexity index is 1050. The van der Waals surface area contributed by atoms with E-state index in [1.807, 2.05) is 24.3 Å². The third kappa shape index (κ3) is 6.93. The van der Waals surface area contributed by atoms with Crippen molar-refractivity contribution < 1.29 is 22.7 Å². The van der Waals surface area contributed by atoms with E-state index in [-0.39, 0.29) is 12.6 Å². The number of alkyl carbamates (subject to hydrolysis) is 1. The van der Waals surface area contributed by atoms with Gasteiger partial charge in [0, 0.05) is 24.8 Å². The molecule has 1 saturated heterocycles. The van der Waals surface area contributed by atoms with E-state index in [1.165, 1.54) is 12.1 Å². The van der Waals surface area contributed by atoms with Gasteiger partial charge in [0.25, 0.3) is 0 Å². The summed E-state index contributed by atoms with van der Waals surface area (Å²) in [6.07, 6.45) is 2.59. The lowest BCUT2D eigenvalue weighted by atomic mass is 9.77. The van der Waals surface area contributed by atoms with Crippen molar-refractivity contribution in [3.63, 3.8) is 0 Å². The van der Waals surface area contributed by atoms with Gasteiger partial charge in [-0.1, -0.05) is 25.0 Å². The lowest BCUT2D eigenvalue weighted by Crippen LogP contribution is -2.44. The number of rotatable bonds is 6. The minimum atomic E-state index is -4.38. The van der Waals surface area contributed by atoms with E-state index in [1.54, 1.807) is 0 Å². The monoisotopic (exact) mass is 499 g/mol. The third-order valence-electron chi connectivity index (χ3n) is 7.38. The first-order valence-corrected chi connectivity index (χ1v) is 12.7. The first-order chi connectivity index (χ1) is 17.3. The molecule has 4 rings (SSSR count). The average molecular weight is 500 g/mol. The number of anilines is 1. The van der Waals surface area contributed by atoms with Gasteiger partial charge in [-0.2, -0.15) is 18.4 Å². The number of carbonyl (C=O) groups is 1. The highest BCUT2D eigenvalue weighted by Crippen LogP contribution is 2.34. The number of piperidine rings is 1. The number of nitrogens with zero attached hydrogens (tertiary/aromatic N) is 2. The zero-order valence-electron chi connectivity index (χ0n) is 20.3. The predicted octanol–water partition coefficient (Wildman–Crippen LogP) is 6.67. The highest BCUT2D eigenvalue weighted by Gasteiger charge is 2.32. The van der Waals surface area contributed by atoms with E-state index in [2.05, 4.69) is 16.3 Å². The van der Waals surface area contributed by atoms with Gasteiger partial charge in [-0.05, 0) is 85.9 Å². The molecular formula is C28H32F3N3O2. The Morgan fingerprint density at radius 2 is 1.75 bits per heavy atom. The van der Waals surface area contributed by atoms with Crippen LogP contribution in [0.3, 0.4) is 0 Å². The molecule has 36 heavy (non-hydrogen) atoms. The Labute approximate surface area is 210 Å². The fourth-order valence-corrected chi connectivity index (χ4v) is 5.48. The zero-order chi connectivity index (χ0) is 25.5. The van der Waals surface area contributed by atoms with E-state index in [0.717, 1.165) is 75.9 Å². The standard InChI is InChI=1S/C28H32F3N3O2/c29-28(30,31)24-11-7-21(8-12-24)19-36-27(35)33-26-6-2-1-5-23(26)16-22-4-3-15-34(18-22)25-13-9-20(17-32)10-14-25/h7-14,22-23,26H,1-6,15-16,18-19H2,(H,33,35)/t22-,23+,26-/m1/s1. The van der Waals surface area contributed by atoms with E-state index in [9.17, 15) is 18.0 Å². The molecule has 2 aliphatic rings. The fraction of sp³-hybridized carbons (Fsp3) is 0.500. The Hall–Kier alpha value is -3.21. The van der Waals surface area contributed by atoms with Gasteiger partial charge in [0.15, 0.2) is 0 Å². The van der Waals surface area contributed by atoms with Crippen LogP contribution in [-0.2, 0) is 17.5 Å². The van der Waals surface area contributed by atoms with Gasteiger partial charge in [-0.15, -0.1) is 0 Å². The van der Waals surface area contributed by atoms with E-state index in [4.69, 9.17) is 10.00 Å². The molecule has 0 spiro atoms. The number of carbonyl (C=O) groups excluding carboxylic acids is 1. The fourth-order valence-electron chi connectivity index (χ4n) is 5.48. The molecule has 0 bridgehead atoms. The minimum Gasteiger partial charge on any atom is -0.445 e. The normalized spacial score (nSPS) is 22.5. The van der Waals surface area contributed by atoms with Gasteiger partial charge < -0.3 is 15.0 Å². The lowest BCUT2D eigenvalue weighted by Gasteiger charge is -2.39. The number of halogens is 3. The number of ether oxygens (including phenoxy) is 1. The van der Waals surface area contributed by atoms with Crippen molar-refractivity contribution in [1.29, 1.82) is 5.26 Å². The first-order valence-electron chi connectivity index (χ1n) is 12.7. The molecule has 2 aromatic carbocycles. The number of nitriles is 1. The summed E-state index contributed by atoms with van der Waals surface area (Å²) in [5, 5.41) is 12.1. The number of amides is 1. The molecule has 1 aliphatic heterocycles. The summed E-state index contributed by atoms with van der Waals surface area (Å²) in [5.74, 6) is 0.910. The maximum absolute atomic E-state index is 12.7. The molecular weight excluding hydrogens is 467 g/mol. The van der Waals surface area contributed by atoms with Crippen molar-refractivity contribution in [2.45, 2.75) is 63.8 Å². The Balaban J connectivity index is 1.28. The summed E-state index contributed by atoms with van der Waals surface area (Å²) in [4.78, 5) is 14.9. The van der Waals surface area contributed by atoms with Crippen molar-refractivity contribution >= 4 is 11.8 Å². The molecule has 2 fully saturated rings. The molecule has 0 unspecified atom stereocenters. The highest BCUT2D eigenvalue weighted by molar-refractivity contribution is 5.67. The predicted molar refractivity (Wildman–Crippen MR) is 131 cm³/mol. The van der Waals surface area contributed by atoms with Gasteiger partial charge in [-0.25, -0.2) is 4.79 Å². The van der Waals surface area contributed by atoms with E-state index in [0.29, 0.717) is 23.0 Å². The van der Waals surface area contributed by atoms with Crippen LogP contribution < -0.4 is 10.2 Å². The van der Waals surface area contributed by atoms with Gasteiger partial charge in [0.05, 0.1) is 17.2 Å². The van der Waals surface area contributed by atoms with Gasteiger partial charge >= 0.3 is 12.3 Å². The van der Waals surface area contributed by atoms with E-state index >= 15 is 0 Å². The Morgan fingerprint density at radius 1 is 1.03 bits per heavy atom. The minimum absolute atomic E-state index is 0.0455. The van der Waals surface area contributed by atoms with Crippen molar-refractivity contribution in [3.05, 3.63) is 65.2 Å². The molecule has 5 nitrogen and oxygen atoms in total. The molecule has 8 heteroatoms. The molecule has 1 heterocycles. The molecule has 0 aromatic heterocycles. The summed E-state index contributed by atoms with van der Waals surface area (Å²) in [5.41, 5.74) is 1.60. The Morgan fingerprint density at radius 3 is 2.44 bits per heavy atom. The molecule has 1 saturated carbocycles. The van der Waals surface area contributed by atoms with Gasteiger partial charge in [0.1, 0.15) is 6.61 Å². The SMILES string of the molecule is N#Cc1ccc(N2CCC[C@H](C[C@@H]3CCCC[C@H]3NC(=O)OCc3ccc(C(F)(F)F)cc3)C2)cc1. The highest BCUT2D eigenvalue weighted by atomic mass is 19.4. The van der Waals surface area contributed by atoms with Crippen LogP contribution in [0, 0.1) is 23.2 Å². The second-order valence-corrected chi connectivity index (χ2v) is 9.91. The van der Waals surface area contributed by atoms with Crippen LogP contribution in [-0.4, -0.2) is 25.2 Å². The lowest BCUT2D eigenvalue weighted by molar-refractivity contribution is -0.137. The van der Waals surface area contributed by atoms with Crippen molar-refractivity contribution in [1.82, 2.24) is 5.32 Å². The van der Waals surface area contributed by atoms with Gasteiger partial charge in [-0.3, -0.25) is 0 Å². The summed E-state index contributed by atoms with van der Waals surface area (Å²) in [7, 11) is 0. The molecule has 2 aromatic rings. The molecule has 3 atom stereocenters. The van der Waals surface area contributed by atoms with Crippen LogP contribution in [0.15, 0.2) is 48.5 Å². The van der Waals surface area contributed by atoms with Crippen LogP contribution in [0.4, 0.5) is 23.7 Å². The molecule has 1 aliphatic carbocycles. The quantitative estimate of drug-likeness (QED) is 0.482. The summed E-state index contributed by atoms with van der Waals surface area (Å²) >= 11 is 0. The average Bonchev–Trinajstić information content (AvgIpc) is 2.88. The van der Waals surface area contributed by atoms with Crippen molar-refractivity contribution in [3.8, 4) is 6.07 Å². The number of hydrogen-bond donors (Lipinski definition) is 1. The topological polar surface area (TPSA) is 65.4 Å². The molecule has 1 N–H and O–H groups in total. The second-order valence-electron chi connectivity index (χ2n) is 9.91. The first kappa shape index (κ1) is 25.9. The number of alkyl halides is 3. The third-order valence-corrected chi connectivity index (χ3v) is 7.38. The number of nitrogens with one attached hydrogen (secondary N) is 1. The van der Waals surface area contributed by atoms with Crippen molar-refractivity contribution in [2.24, 2.45) is 11.8 Å². The zero-order valence-corrected chi connectivity index (χ0v) is 20.3. The molecule has 1 amide bonds. The maximum atomic E-state index is 12.7. The van der Waals surface area contributed by atoms with Crippen LogP contribution in [0.2, 0.25) is 0 Å². The Kier molecular flexibility index (Phi) is 8.40. The summed E-state index contributed by atoms with van der Waals surface area (Å²) in [6.45, 7) is 1.90. The second kappa shape index (κ2) is 11.7. The van der Waals surface area contributed by atoms with Crippen LogP contribution in [0.5, 0.6) is 0 Å². The largest absolute Gasteiger partial charge is 0.445 e. The number of hydrogen-bond acceptors (Lipinski definition) is 4.